The molecule has 0 fully saturated rings. The van der Waals surface area contributed by atoms with Crippen LogP contribution < -0.4 is 0 Å². The molecule has 0 spiro atoms. The maximum Gasteiger partial charge on any atom is 0.303 e. The lowest BCUT2D eigenvalue weighted by Gasteiger charge is -2.15. The van der Waals surface area contributed by atoms with Crippen molar-refractivity contribution in [1.82, 2.24) is 0 Å². The summed E-state index contributed by atoms with van der Waals surface area (Å²) in [5.74, 6) is 0.330. The van der Waals surface area contributed by atoms with E-state index in [-0.39, 0.29) is 22.7 Å². The van der Waals surface area contributed by atoms with Crippen molar-refractivity contribution in [3.63, 3.8) is 0 Å². The molecule has 53 heavy (non-hydrogen) atoms. The normalized spacial score (nSPS) is 12.1. The van der Waals surface area contributed by atoms with E-state index in [1.54, 1.807) is 0 Å². The van der Waals surface area contributed by atoms with E-state index >= 15 is 0 Å². The molecule has 0 aliphatic heterocycles. The third kappa shape index (κ3) is 43.9. The van der Waals surface area contributed by atoms with E-state index in [1.807, 2.05) is 62.3 Å². The van der Waals surface area contributed by atoms with E-state index in [9.17, 15) is 19.2 Å². The molecule has 0 aromatic rings. The molecule has 0 saturated heterocycles. The smallest absolute Gasteiger partial charge is 0.303 e. The second-order valence-corrected chi connectivity index (χ2v) is 17.2. The van der Waals surface area contributed by atoms with Gasteiger partial charge in [0.05, 0.1) is 0 Å². The van der Waals surface area contributed by atoms with E-state index in [0.717, 1.165) is 116 Å². The minimum absolute atomic E-state index is 0.186. The second-order valence-electron chi connectivity index (χ2n) is 17.2. The Kier molecular flexibility index (Phi) is 36.6. The number of carbonyl (C=O) groups is 4. The molecular formula is C46H84O7. The zero-order valence-electron chi connectivity index (χ0n) is 35.9. The van der Waals surface area contributed by atoms with Crippen molar-refractivity contribution in [3.8, 4) is 0 Å². The van der Waals surface area contributed by atoms with E-state index in [4.69, 9.17) is 15.3 Å². The molecule has 0 radical (unpaired) electrons. The maximum atomic E-state index is 11.7. The summed E-state index contributed by atoms with van der Waals surface area (Å²) in [6.45, 7) is 18.4. The van der Waals surface area contributed by atoms with Gasteiger partial charge in [0.15, 0.2) is 0 Å². The van der Waals surface area contributed by atoms with Gasteiger partial charge in [0.2, 0.25) is 0 Å². The van der Waals surface area contributed by atoms with Crippen LogP contribution in [0.4, 0.5) is 0 Å². The molecule has 7 nitrogen and oxygen atoms in total. The number of hydrogen-bond acceptors (Lipinski definition) is 6. The van der Waals surface area contributed by atoms with Crippen LogP contribution in [0.5, 0.6) is 0 Å². The van der Waals surface area contributed by atoms with Crippen LogP contribution >= 0.6 is 0 Å². The van der Waals surface area contributed by atoms with Crippen molar-refractivity contribution in [2.45, 2.75) is 204 Å². The van der Waals surface area contributed by atoms with Crippen molar-refractivity contribution < 1.29 is 34.5 Å². The highest BCUT2D eigenvalue weighted by atomic mass is 16.4. The van der Waals surface area contributed by atoms with Crippen LogP contribution in [0.25, 0.3) is 0 Å². The van der Waals surface area contributed by atoms with Gasteiger partial charge in [0, 0.05) is 55.1 Å². The average Bonchev–Trinajstić information content (AvgIpc) is 3.06. The first kappa shape index (κ1) is 55.0. The number of Topliss-reactive ketones (excluding diaryl/α,β-unsaturated/α-hetero) is 3. The molecule has 0 saturated carbocycles. The van der Waals surface area contributed by atoms with Crippen LogP contribution in [0.2, 0.25) is 0 Å². The minimum Gasteiger partial charge on any atom is -0.481 e. The quantitative estimate of drug-likeness (QED) is 0.0536. The highest BCUT2D eigenvalue weighted by Crippen LogP contribution is 2.20. The van der Waals surface area contributed by atoms with Crippen LogP contribution in [0.1, 0.15) is 204 Å². The first-order valence-corrected chi connectivity index (χ1v) is 20.8. The van der Waals surface area contributed by atoms with E-state index < -0.39 is 5.97 Å². The van der Waals surface area contributed by atoms with Crippen molar-refractivity contribution >= 4 is 23.3 Å². The van der Waals surface area contributed by atoms with Gasteiger partial charge in [-0.2, -0.15) is 0 Å². The summed E-state index contributed by atoms with van der Waals surface area (Å²) in [4.78, 5) is 45.2. The van der Waals surface area contributed by atoms with Crippen LogP contribution in [-0.2, 0) is 19.2 Å². The number of rotatable bonds is 28. The van der Waals surface area contributed by atoms with Gasteiger partial charge in [-0.1, -0.05) is 118 Å². The van der Waals surface area contributed by atoms with Crippen LogP contribution in [-0.4, -0.2) is 51.9 Å². The Morgan fingerprint density at radius 2 is 0.604 bits per heavy atom. The number of unbranched alkanes of at least 4 members (excludes halogenated alkanes) is 12. The van der Waals surface area contributed by atoms with Crippen LogP contribution in [0.3, 0.4) is 0 Å². The fourth-order valence-corrected chi connectivity index (χ4v) is 4.79. The Bertz CT molecular complexity index is 950. The van der Waals surface area contributed by atoms with Crippen molar-refractivity contribution in [2.75, 3.05) is 13.2 Å². The molecule has 0 heterocycles. The molecule has 0 rings (SSSR count). The molecule has 0 aromatic carbocycles. The lowest BCUT2D eigenvalue weighted by molar-refractivity contribution is -0.137. The number of carboxylic acids is 1. The van der Waals surface area contributed by atoms with Gasteiger partial charge in [-0.05, 0) is 96.3 Å². The van der Waals surface area contributed by atoms with Gasteiger partial charge in [-0.15, -0.1) is 0 Å². The molecule has 7 heteroatoms. The molecule has 0 atom stereocenters. The number of aliphatic hydroxyl groups excluding tert-OH is 2. The molecule has 0 amide bonds. The molecule has 0 aromatic heterocycles. The molecule has 310 valence electrons. The zero-order chi connectivity index (χ0) is 41.0. The topological polar surface area (TPSA) is 129 Å². The summed E-state index contributed by atoms with van der Waals surface area (Å²) in [6.07, 6.45) is 33.4. The van der Waals surface area contributed by atoms with Crippen LogP contribution in [0, 0.1) is 16.2 Å². The van der Waals surface area contributed by atoms with Gasteiger partial charge in [-0.25, -0.2) is 0 Å². The number of ketones is 3. The van der Waals surface area contributed by atoms with E-state index in [1.165, 1.54) is 0 Å². The Balaban J connectivity index is -0.000000709. The first-order chi connectivity index (χ1) is 24.8. The Morgan fingerprint density at radius 3 is 0.830 bits per heavy atom. The fourth-order valence-electron chi connectivity index (χ4n) is 4.79. The standard InChI is InChI=1S/C16H28O3.2C15H28O2/c1-16(2,3)14(17)12-10-8-6-4-5-7-9-11-13-15(18)19;2*1-15(2,3)14(17)12-10-8-6-4-5-7-9-11-13-16/h4,6H,5,7-13H2,1-3H3,(H,18,19);2*4,6,16H,5,7-13H2,1-3H3/b3*6-4-. The van der Waals surface area contributed by atoms with Gasteiger partial charge in [0.1, 0.15) is 17.3 Å². The molecule has 0 bridgehead atoms. The fraction of sp³-hybridized carbons (Fsp3) is 0.783. The molecule has 0 aliphatic carbocycles. The van der Waals surface area contributed by atoms with E-state index in [2.05, 4.69) is 36.5 Å². The minimum atomic E-state index is -0.709. The Hall–Kier alpha value is -2.38. The maximum absolute atomic E-state index is 11.7. The van der Waals surface area contributed by atoms with Gasteiger partial charge < -0.3 is 15.3 Å². The SMILES string of the molecule is CC(C)(C)C(=O)CCC/C=C\CCCCCC(=O)O.CC(C)(C)C(=O)CCC/C=C\CCCCCO.CC(C)(C)C(=O)CCC/C=C\CCCCCO. The van der Waals surface area contributed by atoms with Crippen molar-refractivity contribution in [3.05, 3.63) is 36.5 Å². The van der Waals surface area contributed by atoms with Crippen LogP contribution in [0.15, 0.2) is 36.5 Å². The van der Waals surface area contributed by atoms with Crippen molar-refractivity contribution in [2.24, 2.45) is 16.2 Å². The monoisotopic (exact) mass is 749 g/mol. The lowest BCUT2D eigenvalue weighted by Crippen LogP contribution is -2.19. The summed E-state index contributed by atoms with van der Waals surface area (Å²) >= 11 is 0. The lowest BCUT2D eigenvalue weighted by atomic mass is 9.88. The zero-order valence-corrected chi connectivity index (χ0v) is 35.9. The second kappa shape index (κ2) is 35.3. The third-order valence-corrected chi connectivity index (χ3v) is 8.65. The largest absolute Gasteiger partial charge is 0.481 e. The number of allylic oxidation sites excluding steroid dienone is 6. The average molecular weight is 749 g/mol. The predicted octanol–water partition coefficient (Wildman–Crippen LogP) is 12.1. The summed E-state index contributed by atoms with van der Waals surface area (Å²) < 4.78 is 0. The summed E-state index contributed by atoms with van der Waals surface area (Å²) in [7, 11) is 0. The number of aliphatic hydroxyl groups is 2. The summed E-state index contributed by atoms with van der Waals surface area (Å²) in [6, 6.07) is 0. The summed E-state index contributed by atoms with van der Waals surface area (Å²) in [5, 5.41) is 25.7. The van der Waals surface area contributed by atoms with E-state index in [0.29, 0.717) is 49.8 Å². The molecule has 0 aliphatic rings. The molecule has 0 unspecified atom stereocenters. The molecule has 3 N–H and O–H groups in total. The number of carboxylic acid groups (broad SMARTS) is 1. The number of hydrogen-bond donors (Lipinski definition) is 3. The Labute approximate surface area is 326 Å². The number of carbonyl (C=O) groups excluding carboxylic acids is 3. The third-order valence-electron chi connectivity index (χ3n) is 8.65. The molecular weight excluding hydrogens is 664 g/mol. The Morgan fingerprint density at radius 1 is 0.358 bits per heavy atom. The predicted molar refractivity (Wildman–Crippen MR) is 224 cm³/mol. The highest BCUT2D eigenvalue weighted by Gasteiger charge is 2.21. The first-order valence-electron chi connectivity index (χ1n) is 20.8. The van der Waals surface area contributed by atoms with Crippen molar-refractivity contribution in [1.29, 1.82) is 0 Å². The van der Waals surface area contributed by atoms with Gasteiger partial charge in [0.25, 0.3) is 0 Å². The summed E-state index contributed by atoms with van der Waals surface area (Å²) in [5.41, 5.74) is -0.587. The number of aliphatic carboxylic acids is 1. The van der Waals surface area contributed by atoms with Gasteiger partial charge in [-0.3, -0.25) is 19.2 Å². The highest BCUT2D eigenvalue weighted by molar-refractivity contribution is 5.84. The van der Waals surface area contributed by atoms with Gasteiger partial charge >= 0.3 is 5.97 Å².